The van der Waals surface area contributed by atoms with Crippen molar-refractivity contribution in [1.29, 1.82) is 0 Å². The molecule has 8 heavy (non-hydrogen) atoms. The molecule has 0 saturated carbocycles. The second kappa shape index (κ2) is 2.39. The Bertz CT molecular complexity index is 151. The van der Waals surface area contributed by atoms with Gasteiger partial charge in [-0.25, -0.2) is 4.98 Å². The zero-order valence-electron chi connectivity index (χ0n) is 3.94. The molecule has 0 aromatic carbocycles. The third-order valence-electron chi connectivity index (χ3n) is 0.691. The first-order valence-electron chi connectivity index (χ1n) is 2.06. The third kappa shape index (κ3) is 1.40. The third-order valence-corrected chi connectivity index (χ3v) is 1.33. The van der Waals surface area contributed by atoms with E-state index in [0.717, 1.165) is 3.57 Å². The summed E-state index contributed by atoms with van der Waals surface area (Å²) in [6, 6.07) is 3.00. The van der Waals surface area contributed by atoms with Crippen molar-refractivity contribution in [2.75, 3.05) is 0 Å². The Morgan fingerprint density at radius 3 is 2.62 bits per heavy atom. The molecule has 0 fully saturated rings. The minimum Gasteiger partial charge on any atom is -0.227 e. The predicted molar refractivity (Wildman–Crippen MR) is 36.9 cm³/mol. The highest BCUT2D eigenvalue weighted by atomic mass is 127. The maximum Gasteiger partial charge on any atom is 0.212 e. The minimum atomic E-state index is -0.426. The number of hydrogen-bond donors (Lipinski definition) is 0. The van der Waals surface area contributed by atoms with E-state index in [4.69, 9.17) is 0 Å². The molecule has 0 aliphatic rings. The van der Waals surface area contributed by atoms with Gasteiger partial charge >= 0.3 is 0 Å². The SMILES string of the molecule is [18F]c1ccc(I)cn1. The summed E-state index contributed by atoms with van der Waals surface area (Å²) >= 11 is 2.07. The first-order valence-corrected chi connectivity index (χ1v) is 3.14. The van der Waals surface area contributed by atoms with Crippen LogP contribution in [-0.2, 0) is 0 Å². The van der Waals surface area contributed by atoms with Crippen LogP contribution in [0.1, 0.15) is 0 Å². The van der Waals surface area contributed by atoms with E-state index in [9.17, 15) is 4.39 Å². The summed E-state index contributed by atoms with van der Waals surface area (Å²) in [5, 5.41) is 0. The van der Waals surface area contributed by atoms with E-state index in [1.807, 2.05) is 0 Å². The van der Waals surface area contributed by atoms with Gasteiger partial charge < -0.3 is 0 Å². The second-order valence-corrected chi connectivity index (χ2v) is 2.54. The lowest BCUT2D eigenvalue weighted by Gasteiger charge is -1.84. The molecule has 0 radical (unpaired) electrons. The molecule has 0 aliphatic heterocycles. The Balaban J connectivity index is 3.03. The lowest BCUT2D eigenvalue weighted by molar-refractivity contribution is 0.583. The van der Waals surface area contributed by atoms with Crippen molar-refractivity contribution in [3.8, 4) is 0 Å². The van der Waals surface area contributed by atoms with Crippen LogP contribution in [0, 0.1) is 9.52 Å². The molecule has 1 nitrogen and oxygen atoms in total. The van der Waals surface area contributed by atoms with Crippen molar-refractivity contribution in [1.82, 2.24) is 4.98 Å². The zero-order chi connectivity index (χ0) is 5.98. The standard InChI is InChI=1S/C5H3FIN/c6-5-2-1-4(7)3-8-5/h1-3H/i6-1. The fourth-order valence-corrected chi connectivity index (χ4v) is 0.677. The molecule has 1 heterocycles. The average molecular weight is 222 g/mol. The van der Waals surface area contributed by atoms with E-state index in [1.54, 1.807) is 6.07 Å². The Morgan fingerprint density at radius 2 is 2.25 bits per heavy atom. The van der Waals surface area contributed by atoms with Crippen molar-refractivity contribution < 1.29 is 4.39 Å². The summed E-state index contributed by atoms with van der Waals surface area (Å²) in [7, 11) is 0. The molecule has 0 N–H and O–H groups in total. The van der Waals surface area contributed by atoms with Crippen LogP contribution in [0.25, 0.3) is 0 Å². The molecular weight excluding hydrogens is 219 g/mol. The Morgan fingerprint density at radius 1 is 1.50 bits per heavy atom. The summed E-state index contributed by atoms with van der Waals surface area (Å²) in [5.41, 5.74) is 0. The van der Waals surface area contributed by atoms with Gasteiger partial charge in [-0.2, -0.15) is 4.39 Å². The highest BCUT2D eigenvalue weighted by Gasteiger charge is 1.86. The van der Waals surface area contributed by atoms with Crippen molar-refractivity contribution in [2.24, 2.45) is 0 Å². The van der Waals surface area contributed by atoms with E-state index in [-0.39, 0.29) is 0 Å². The first-order chi connectivity index (χ1) is 3.79. The van der Waals surface area contributed by atoms with E-state index >= 15 is 0 Å². The predicted octanol–water partition coefficient (Wildman–Crippen LogP) is 1.83. The molecule has 42 valence electrons. The number of nitrogens with zero attached hydrogens (tertiary/aromatic N) is 1. The highest BCUT2D eigenvalue weighted by molar-refractivity contribution is 14.1. The number of aromatic nitrogens is 1. The van der Waals surface area contributed by atoms with E-state index in [1.165, 1.54) is 12.3 Å². The molecule has 0 saturated heterocycles. The van der Waals surface area contributed by atoms with Gasteiger partial charge in [0, 0.05) is 9.77 Å². The molecule has 1 aromatic rings. The Hall–Kier alpha value is -0.190. The lowest BCUT2D eigenvalue weighted by Crippen LogP contribution is -1.79. The molecule has 0 aliphatic carbocycles. The molecule has 0 bridgehead atoms. The maximum atomic E-state index is 12.0. The summed E-state index contributed by atoms with van der Waals surface area (Å²) in [5.74, 6) is -0.426. The first kappa shape index (κ1) is 5.94. The number of halogens is 2. The number of hydrogen-bond acceptors (Lipinski definition) is 1. The molecule has 1 rings (SSSR count). The van der Waals surface area contributed by atoms with Gasteiger partial charge in [-0.05, 0) is 34.7 Å². The Labute approximate surface area is 60.1 Å². The molecule has 0 amide bonds. The normalized spacial score (nSPS) is 9.25. The summed E-state index contributed by atoms with van der Waals surface area (Å²) in [4.78, 5) is 3.40. The van der Waals surface area contributed by atoms with Crippen LogP contribution in [0.2, 0.25) is 0 Å². The topological polar surface area (TPSA) is 12.9 Å². The van der Waals surface area contributed by atoms with E-state index in [0.29, 0.717) is 0 Å². The van der Waals surface area contributed by atoms with Gasteiger partial charge in [0.1, 0.15) is 0 Å². The van der Waals surface area contributed by atoms with Gasteiger partial charge in [-0.3, -0.25) is 0 Å². The molecule has 0 unspecified atom stereocenters. The fourth-order valence-electron chi connectivity index (χ4n) is 0.358. The van der Waals surface area contributed by atoms with Crippen LogP contribution in [0.5, 0.6) is 0 Å². The zero-order valence-corrected chi connectivity index (χ0v) is 6.09. The van der Waals surface area contributed by atoms with E-state index < -0.39 is 5.95 Å². The smallest absolute Gasteiger partial charge is 0.212 e. The average Bonchev–Trinajstić information content (AvgIpc) is 1.77. The highest BCUT2D eigenvalue weighted by Crippen LogP contribution is 2.00. The van der Waals surface area contributed by atoms with Gasteiger partial charge in [0.05, 0.1) is 0 Å². The van der Waals surface area contributed by atoms with Crippen molar-refractivity contribution in [3.63, 3.8) is 0 Å². The summed E-state index contributed by atoms with van der Waals surface area (Å²) in [6.45, 7) is 0. The minimum absolute atomic E-state index is 0.426. The maximum absolute atomic E-state index is 12.0. The van der Waals surface area contributed by atoms with Gasteiger partial charge in [0.2, 0.25) is 5.95 Å². The van der Waals surface area contributed by atoms with Crippen LogP contribution in [0.3, 0.4) is 0 Å². The van der Waals surface area contributed by atoms with Crippen LogP contribution < -0.4 is 0 Å². The molecule has 0 atom stereocenters. The summed E-state index contributed by atoms with van der Waals surface area (Å²) < 4.78 is 12.9. The monoisotopic (exact) mass is 222 g/mol. The van der Waals surface area contributed by atoms with Crippen molar-refractivity contribution in [2.45, 2.75) is 0 Å². The molecular formula is C5H3FIN. The van der Waals surface area contributed by atoms with Crippen LogP contribution >= 0.6 is 22.6 Å². The quantitative estimate of drug-likeness (QED) is 0.482. The number of pyridine rings is 1. The van der Waals surface area contributed by atoms with Crippen LogP contribution in [0.15, 0.2) is 18.3 Å². The lowest BCUT2D eigenvalue weighted by atomic mass is 10.5. The molecule has 3 heteroatoms. The van der Waals surface area contributed by atoms with Gasteiger partial charge in [0.25, 0.3) is 0 Å². The van der Waals surface area contributed by atoms with Crippen LogP contribution in [0.4, 0.5) is 4.39 Å². The number of rotatable bonds is 0. The van der Waals surface area contributed by atoms with Crippen molar-refractivity contribution in [3.05, 3.63) is 27.8 Å². The van der Waals surface area contributed by atoms with Crippen molar-refractivity contribution >= 4 is 22.6 Å². The van der Waals surface area contributed by atoms with Gasteiger partial charge in [-0.1, -0.05) is 0 Å². The largest absolute Gasteiger partial charge is 0.227 e. The van der Waals surface area contributed by atoms with Gasteiger partial charge in [-0.15, -0.1) is 0 Å². The van der Waals surface area contributed by atoms with Gasteiger partial charge in [0.15, 0.2) is 0 Å². The molecule has 1 aromatic heterocycles. The van der Waals surface area contributed by atoms with E-state index in [2.05, 4.69) is 27.6 Å². The Kier molecular flexibility index (Phi) is 1.77. The molecule has 0 spiro atoms. The fraction of sp³-hybridized carbons (Fsp3) is 0. The second-order valence-electron chi connectivity index (χ2n) is 1.30. The summed E-state index contributed by atoms with van der Waals surface area (Å²) in [6.07, 6.45) is 1.48. The van der Waals surface area contributed by atoms with Crippen LogP contribution in [-0.4, -0.2) is 4.98 Å².